The highest BCUT2D eigenvalue weighted by Gasteiger charge is 2.05. The predicted molar refractivity (Wildman–Crippen MR) is 53.5 cm³/mol. The van der Waals surface area contributed by atoms with Crippen LogP contribution < -0.4 is 5.56 Å². The van der Waals surface area contributed by atoms with Gasteiger partial charge >= 0.3 is 0 Å². The first-order valence-corrected chi connectivity index (χ1v) is 4.42. The molecule has 0 saturated carbocycles. The van der Waals surface area contributed by atoms with Crippen molar-refractivity contribution in [1.82, 2.24) is 14.6 Å². The first-order chi connectivity index (χ1) is 6.59. The zero-order chi connectivity index (χ0) is 10.3. The van der Waals surface area contributed by atoms with E-state index in [0.717, 1.165) is 11.3 Å². The summed E-state index contributed by atoms with van der Waals surface area (Å²) < 4.78 is 1.33. The van der Waals surface area contributed by atoms with Crippen LogP contribution in [-0.4, -0.2) is 14.6 Å². The minimum absolute atomic E-state index is 0.0903. The van der Waals surface area contributed by atoms with Crippen molar-refractivity contribution >= 4 is 5.65 Å². The molecule has 4 nitrogen and oxygen atoms in total. The first kappa shape index (κ1) is 8.87. The summed E-state index contributed by atoms with van der Waals surface area (Å²) >= 11 is 0. The van der Waals surface area contributed by atoms with E-state index >= 15 is 0 Å². The molecular weight excluding hydrogens is 178 g/mol. The lowest BCUT2D eigenvalue weighted by Crippen LogP contribution is -2.21. The highest BCUT2D eigenvalue weighted by atomic mass is 16.1. The lowest BCUT2D eigenvalue weighted by atomic mass is 10.2. The molecule has 0 radical (unpaired) electrons. The average Bonchev–Trinajstić information content (AvgIpc) is 2.14. The second kappa shape index (κ2) is 2.90. The maximum Gasteiger partial charge on any atom is 0.277 e. The fourth-order valence-corrected chi connectivity index (χ4v) is 1.32. The van der Waals surface area contributed by atoms with Crippen LogP contribution in [0.15, 0.2) is 17.1 Å². The molecule has 0 atom stereocenters. The van der Waals surface area contributed by atoms with Gasteiger partial charge in [0.05, 0.1) is 6.20 Å². The molecule has 0 bridgehead atoms. The first-order valence-electron chi connectivity index (χ1n) is 4.42. The van der Waals surface area contributed by atoms with Crippen LogP contribution in [0.25, 0.3) is 5.65 Å². The van der Waals surface area contributed by atoms with Crippen LogP contribution in [0.3, 0.4) is 0 Å². The summed E-state index contributed by atoms with van der Waals surface area (Å²) in [6, 6.07) is 1.85. The normalized spacial score (nSPS) is 10.8. The Morgan fingerprint density at radius 2 is 2.00 bits per heavy atom. The van der Waals surface area contributed by atoms with Gasteiger partial charge in [-0.15, -0.1) is 0 Å². The summed E-state index contributed by atoms with van der Waals surface area (Å²) in [5.41, 5.74) is 2.94. The monoisotopic (exact) mass is 189 g/mol. The quantitative estimate of drug-likeness (QED) is 0.621. The molecular formula is C10H11N3O. The molecule has 2 rings (SSSR count). The van der Waals surface area contributed by atoms with E-state index in [2.05, 4.69) is 10.1 Å². The lowest BCUT2D eigenvalue weighted by Gasteiger charge is -2.03. The minimum atomic E-state index is -0.0903. The molecule has 0 spiro atoms. The fourth-order valence-electron chi connectivity index (χ4n) is 1.32. The van der Waals surface area contributed by atoms with E-state index in [-0.39, 0.29) is 5.56 Å². The van der Waals surface area contributed by atoms with E-state index in [1.165, 1.54) is 4.52 Å². The van der Waals surface area contributed by atoms with Gasteiger partial charge < -0.3 is 0 Å². The van der Waals surface area contributed by atoms with E-state index < -0.39 is 0 Å². The molecule has 14 heavy (non-hydrogen) atoms. The van der Waals surface area contributed by atoms with E-state index in [1.54, 1.807) is 13.1 Å². The summed E-state index contributed by atoms with van der Waals surface area (Å²) in [7, 11) is 0. The van der Waals surface area contributed by atoms with Gasteiger partial charge in [-0.1, -0.05) is 0 Å². The van der Waals surface area contributed by atoms with E-state index in [1.807, 2.05) is 19.9 Å². The second-order valence-corrected chi connectivity index (χ2v) is 3.43. The van der Waals surface area contributed by atoms with Crippen molar-refractivity contribution in [2.24, 2.45) is 0 Å². The predicted octanol–water partition coefficient (Wildman–Crippen LogP) is 1.01. The van der Waals surface area contributed by atoms with Gasteiger partial charge in [-0.05, 0) is 32.4 Å². The number of nitrogens with zero attached hydrogens (tertiary/aromatic N) is 3. The van der Waals surface area contributed by atoms with Gasteiger partial charge in [-0.2, -0.15) is 9.61 Å². The Balaban J connectivity index is 2.98. The van der Waals surface area contributed by atoms with E-state index in [0.29, 0.717) is 11.2 Å². The summed E-state index contributed by atoms with van der Waals surface area (Å²) in [5.74, 6) is 0. The minimum Gasteiger partial charge on any atom is -0.267 e. The van der Waals surface area contributed by atoms with Gasteiger partial charge in [-0.3, -0.25) is 4.79 Å². The van der Waals surface area contributed by atoms with Gasteiger partial charge in [0.25, 0.3) is 5.56 Å². The zero-order valence-electron chi connectivity index (χ0n) is 8.40. The lowest BCUT2D eigenvalue weighted by molar-refractivity contribution is 0.838. The molecule has 2 heterocycles. The third kappa shape index (κ3) is 1.19. The Kier molecular flexibility index (Phi) is 1.84. The summed E-state index contributed by atoms with van der Waals surface area (Å²) in [4.78, 5) is 16.0. The molecule has 0 aliphatic heterocycles. The summed E-state index contributed by atoms with van der Waals surface area (Å²) in [6.45, 7) is 5.52. The highest BCUT2D eigenvalue weighted by Crippen LogP contribution is 2.02. The number of fused-ring (bicyclic) bond motifs is 1. The fraction of sp³-hybridized carbons (Fsp3) is 0.300. The Morgan fingerprint density at radius 3 is 2.71 bits per heavy atom. The van der Waals surface area contributed by atoms with Crippen LogP contribution >= 0.6 is 0 Å². The smallest absolute Gasteiger partial charge is 0.267 e. The number of aromatic nitrogens is 3. The van der Waals surface area contributed by atoms with E-state index in [4.69, 9.17) is 0 Å². The Labute approximate surface area is 81.2 Å². The maximum atomic E-state index is 11.7. The molecule has 72 valence electrons. The topological polar surface area (TPSA) is 47.3 Å². The zero-order valence-corrected chi connectivity index (χ0v) is 8.40. The molecule has 4 heteroatoms. The molecule has 0 amide bonds. The highest BCUT2D eigenvalue weighted by molar-refractivity contribution is 5.40. The number of aryl methyl sites for hydroxylation is 2. The molecule has 0 unspecified atom stereocenters. The second-order valence-electron chi connectivity index (χ2n) is 3.43. The van der Waals surface area contributed by atoms with Gasteiger partial charge in [0, 0.05) is 11.3 Å². The molecule has 2 aromatic heterocycles. The van der Waals surface area contributed by atoms with Crippen molar-refractivity contribution in [3.05, 3.63) is 39.4 Å². The van der Waals surface area contributed by atoms with Crippen LogP contribution in [0, 0.1) is 20.8 Å². The number of hydrogen-bond acceptors (Lipinski definition) is 3. The molecule has 2 aromatic rings. The SMILES string of the molecule is Cc1cnn2c(=O)c(C)c(C)nc2c1. The summed E-state index contributed by atoms with van der Waals surface area (Å²) in [5, 5.41) is 4.02. The van der Waals surface area contributed by atoms with Crippen molar-refractivity contribution in [3.8, 4) is 0 Å². The third-order valence-corrected chi connectivity index (χ3v) is 2.29. The van der Waals surface area contributed by atoms with Crippen molar-refractivity contribution in [2.45, 2.75) is 20.8 Å². The molecule has 0 aromatic carbocycles. The Hall–Kier alpha value is -1.71. The average molecular weight is 189 g/mol. The van der Waals surface area contributed by atoms with Crippen LogP contribution in [0.2, 0.25) is 0 Å². The van der Waals surface area contributed by atoms with Crippen molar-refractivity contribution < 1.29 is 0 Å². The molecule has 0 aliphatic carbocycles. The van der Waals surface area contributed by atoms with Crippen LogP contribution in [0.4, 0.5) is 0 Å². The van der Waals surface area contributed by atoms with Gasteiger partial charge in [0.15, 0.2) is 5.65 Å². The Morgan fingerprint density at radius 1 is 1.29 bits per heavy atom. The summed E-state index contributed by atoms with van der Waals surface area (Å²) in [6.07, 6.45) is 1.66. The van der Waals surface area contributed by atoms with Crippen LogP contribution in [-0.2, 0) is 0 Å². The Bertz CT molecular complexity index is 557. The van der Waals surface area contributed by atoms with Crippen molar-refractivity contribution in [1.29, 1.82) is 0 Å². The third-order valence-electron chi connectivity index (χ3n) is 2.29. The van der Waals surface area contributed by atoms with Crippen molar-refractivity contribution in [2.75, 3.05) is 0 Å². The molecule has 0 N–H and O–H groups in total. The maximum absolute atomic E-state index is 11.7. The molecule has 0 saturated heterocycles. The van der Waals surface area contributed by atoms with Gasteiger partial charge in [0.2, 0.25) is 0 Å². The van der Waals surface area contributed by atoms with Crippen LogP contribution in [0.1, 0.15) is 16.8 Å². The number of hydrogen-bond donors (Lipinski definition) is 0. The number of rotatable bonds is 0. The molecule has 0 aliphatic rings. The molecule has 0 fully saturated rings. The largest absolute Gasteiger partial charge is 0.277 e. The van der Waals surface area contributed by atoms with Crippen LogP contribution in [0.5, 0.6) is 0 Å². The van der Waals surface area contributed by atoms with Gasteiger partial charge in [0.1, 0.15) is 0 Å². The standard InChI is InChI=1S/C10H11N3O/c1-6-4-9-12-8(3)7(2)10(14)13(9)11-5-6/h4-5H,1-3H3. The van der Waals surface area contributed by atoms with E-state index in [9.17, 15) is 4.79 Å². The van der Waals surface area contributed by atoms with Crippen molar-refractivity contribution in [3.63, 3.8) is 0 Å². The van der Waals surface area contributed by atoms with Gasteiger partial charge in [-0.25, -0.2) is 4.98 Å².